The van der Waals surface area contributed by atoms with Crippen LogP contribution in [0.25, 0.3) is 0 Å². The van der Waals surface area contributed by atoms with Crippen LogP contribution >= 0.6 is 0 Å². The second-order valence-electron chi connectivity index (χ2n) is 6.54. The summed E-state index contributed by atoms with van der Waals surface area (Å²) in [7, 11) is 0. The molecule has 3 N–H and O–H groups in total. The van der Waals surface area contributed by atoms with Crippen LogP contribution in [0.5, 0.6) is 0 Å². The van der Waals surface area contributed by atoms with Crippen molar-refractivity contribution in [1.29, 1.82) is 0 Å². The molecule has 0 saturated heterocycles. The number of carbonyl (C=O) groups is 3. The minimum absolute atomic E-state index is 0.0692. The van der Waals surface area contributed by atoms with Gasteiger partial charge in [0.1, 0.15) is 12.7 Å². The highest BCUT2D eigenvalue weighted by atomic mass is 19.4. The third-order valence-electron chi connectivity index (χ3n) is 3.98. The van der Waals surface area contributed by atoms with Crippen LogP contribution < -0.4 is 16.0 Å². The van der Waals surface area contributed by atoms with Gasteiger partial charge in [-0.05, 0) is 19.3 Å². The maximum atomic E-state index is 12.0. The van der Waals surface area contributed by atoms with Gasteiger partial charge in [-0.1, -0.05) is 12.3 Å². The third kappa shape index (κ3) is 13.0. The number of halogens is 3. The molecule has 1 aliphatic carbocycles. The average Bonchev–Trinajstić information content (AvgIpc) is 2.65. The molecule has 0 saturated carbocycles. The first-order valence-electron chi connectivity index (χ1n) is 9.85. The first-order chi connectivity index (χ1) is 14.3. The minimum Gasteiger partial charge on any atom is -0.378 e. The van der Waals surface area contributed by atoms with Gasteiger partial charge in [0.25, 0.3) is 0 Å². The van der Waals surface area contributed by atoms with Crippen LogP contribution in [0.4, 0.5) is 13.2 Å². The number of rotatable bonds is 12. The molecular weight excluding hydrogens is 407 g/mol. The molecule has 0 bridgehead atoms. The van der Waals surface area contributed by atoms with E-state index in [9.17, 15) is 27.6 Å². The van der Waals surface area contributed by atoms with Crippen LogP contribution in [-0.2, 0) is 23.9 Å². The van der Waals surface area contributed by atoms with E-state index in [0.717, 1.165) is 32.1 Å². The number of ether oxygens (including phenoxy) is 2. The van der Waals surface area contributed by atoms with Crippen molar-refractivity contribution in [2.45, 2.75) is 50.8 Å². The number of hydrogen-bond acceptors (Lipinski definition) is 5. The Labute approximate surface area is 173 Å². The molecule has 11 heteroatoms. The summed E-state index contributed by atoms with van der Waals surface area (Å²) in [5.74, 6) is 3.20. The molecule has 0 aromatic heterocycles. The van der Waals surface area contributed by atoms with Gasteiger partial charge in [0.05, 0.1) is 13.2 Å². The van der Waals surface area contributed by atoms with Crippen LogP contribution in [-0.4, -0.2) is 69.5 Å². The molecule has 1 aliphatic rings. The fourth-order valence-corrected chi connectivity index (χ4v) is 2.44. The summed E-state index contributed by atoms with van der Waals surface area (Å²) < 4.78 is 46.6. The van der Waals surface area contributed by atoms with Crippen molar-refractivity contribution in [3.05, 3.63) is 0 Å². The van der Waals surface area contributed by atoms with Gasteiger partial charge in [0.2, 0.25) is 11.8 Å². The Balaban J connectivity index is 1.96. The molecule has 0 radical (unpaired) electrons. The number of hydrogen-bond donors (Lipinski definition) is 3. The largest absolute Gasteiger partial charge is 0.471 e. The highest BCUT2D eigenvalue weighted by Gasteiger charge is 2.38. The van der Waals surface area contributed by atoms with Gasteiger partial charge in [-0.3, -0.25) is 14.4 Å². The van der Waals surface area contributed by atoms with E-state index in [0.29, 0.717) is 0 Å². The van der Waals surface area contributed by atoms with Gasteiger partial charge in [-0.25, -0.2) is 0 Å². The topological polar surface area (TPSA) is 106 Å². The maximum Gasteiger partial charge on any atom is 0.471 e. The van der Waals surface area contributed by atoms with Crippen molar-refractivity contribution in [1.82, 2.24) is 16.0 Å². The van der Waals surface area contributed by atoms with Gasteiger partial charge < -0.3 is 25.4 Å². The molecule has 0 fully saturated rings. The van der Waals surface area contributed by atoms with Gasteiger partial charge in [-0.15, -0.1) is 5.92 Å². The van der Waals surface area contributed by atoms with Crippen molar-refractivity contribution in [3.63, 3.8) is 0 Å². The molecule has 170 valence electrons. The molecule has 30 heavy (non-hydrogen) atoms. The van der Waals surface area contributed by atoms with Crippen molar-refractivity contribution in [2.24, 2.45) is 0 Å². The summed E-state index contributed by atoms with van der Waals surface area (Å²) in [6, 6.07) is 0. The molecule has 1 unspecified atom stereocenters. The zero-order chi connectivity index (χ0) is 22.2. The van der Waals surface area contributed by atoms with Crippen molar-refractivity contribution in [3.8, 4) is 11.8 Å². The summed E-state index contributed by atoms with van der Waals surface area (Å²) in [6.45, 7) is 0.350. The second-order valence-corrected chi connectivity index (χ2v) is 6.54. The second kappa shape index (κ2) is 14.6. The Morgan fingerprint density at radius 2 is 1.63 bits per heavy atom. The van der Waals surface area contributed by atoms with E-state index in [1.54, 1.807) is 5.32 Å². The molecule has 0 aromatic carbocycles. The number of carbonyl (C=O) groups excluding carboxylic acids is 3. The van der Waals surface area contributed by atoms with Gasteiger partial charge >= 0.3 is 12.1 Å². The Morgan fingerprint density at radius 3 is 2.33 bits per heavy atom. The quantitative estimate of drug-likeness (QED) is 0.309. The first kappa shape index (κ1) is 25.7. The number of amides is 3. The predicted octanol–water partition coefficient (Wildman–Crippen LogP) is 0.657. The lowest BCUT2D eigenvalue weighted by Crippen LogP contribution is -2.39. The van der Waals surface area contributed by atoms with Crippen LogP contribution in [0.3, 0.4) is 0 Å². The van der Waals surface area contributed by atoms with E-state index >= 15 is 0 Å². The number of alkyl halides is 3. The first-order valence-corrected chi connectivity index (χ1v) is 9.85. The van der Waals surface area contributed by atoms with E-state index in [-0.39, 0.29) is 51.3 Å². The van der Waals surface area contributed by atoms with Crippen LogP contribution in [0, 0.1) is 11.8 Å². The fourth-order valence-electron chi connectivity index (χ4n) is 2.44. The van der Waals surface area contributed by atoms with E-state index in [2.05, 4.69) is 22.5 Å². The summed E-state index contributed by atoms with van der Waals surface area (Å²) in [5, 5.41) is 6.69. The molecule has 0 aliphatic heterocycles. The van der Waals surface area contributed by atoms with E-state index in [1.807, 2.05) is 0 Å². The molecule has 1 atom stereocenters. The van der Waals surface area contributed by atoms with E-state index in [1.165, 1.54) is 0 Å². The fraction of sp³-hybridized carbons (Fsp3) is 0.737. The van der Waals surface area contributed by atoms with Crippen LogP contribution in [0.2, 0.25) is 0 Å². The Kier molecular flexibility index (Phi) is 12.5. The molecule has 8 nitrogen and oxygen atoms in total. The highest BCUT2D eigenvalue weighted by Crippen LogP contribution is 2.13. The van der Waals surface area contributed by atoms with Crippen molar-refractivity contribution < 1.29 is 37.0 Å². The summed E-state index contributed by atoms with van der Waals surface area (Å²) >= 11 is 0. The lowest BCUT2D eigenvalue weighted by atomic mass is 10.1. The summed E-state index contributed by atoms with van der Waals surface area (Å²) in [6.07, 6.45) is -0.511. The highest BCUT2D eigenvalue weighted by molar-refractivity contribution is 5.82. The maximum absolute atomic E-state index is 12.0. The zero-order valence-corrected chi connectivity index (χ0v) is 16.7. The lowest BCUT2D eigenvalue weighted by Gasteiger charge is -2.13. The predicted molar refractivity (Wildman–Crippen MR) is 101 cm³/mol. The molecule has 0 spiro atoms. The monoisotopic (exact) mass is 435 g/mol. The molecule has 1 rings (SSSR count). The van der Waals surface area contributed by atoms with Crippen molar-refractivity contribution >= 4 is 17.7 Å². The summed E-state index contributed by atoms with van der Waals surface area (Å²) in [4.78, 5) is 33.7. The van der Waals surface area contributed by atoms with E-state index < -0.39 is 24.5 Å². The van der Waals surface area contributed by atoms with Gasteiger partial charge in [-0.2, -0.15) is 13.2 Å². The van der Waals surface area contributed by atoms with Crippen LogP contribution in [0.1, 0.15) is 38.5 Å². The van der Waals surface area contributed by atoms with Crippen molar-refractivity contribution in [2.75, 3.05) is 39.5 Å². The molecule has 3 amide bonds. The Hall–Kier alpha value is -2.32. The molecular formula is C19H28F3N3O5. The Bertz CT molecular complexity index is 617. The Morgan fingerprint density at radius 1 is 0.933 bits per heavy atom. The lowest BCUT2D eigenvalue weighted by molar-refractivity contribution is -0.173. The average molecular weight is 435 g/mol. The molecule has 0 heterocycles. The number of nitrogens with one attached hydrogen (secondary N) is 3. The van der Waals surface area contributed by atoms with Crippen LogP contribution in [0.15, 0.2) is 0 Å². The van der Waals surface area contributed by atoms with Gasteiger partial charge in [0.15, 0.2) is 0 Å². The zero-order valence-electron chi connectivity index (χ0n) is 16.7. The van der Waals surface area contributed by atoms with E-state index in [4.69, 9.17) is 9.47 Å². The molecule has 0 aromatic rings. The third-order valence-corrected chi connectivity index (χ3v) is 3.98. The SMILES string of the molecule is O=C(CCNC(=O)C(F)(F)F)NCCOCCNC(=O)COC1C#CCCCCC1. The summed E-state index contributed by atoms with van der Waals surface area (Å²) in [5.41, 5.74) is 0. The normalized spacial score (nSPS) is 16.4. The van der Waals surface area contributed by atoms with Gasteiger partial charge in [0, 0.05) is 32.5 Å². The standard InChI is InChI=1S/C19H28F3N3O5/c20-19(21,22)18(28)25-9-8-16(26)23-10-12-29-13-11-24-17(27)14-30-15-6-4-2-1-3-5-7-15/h15H,1-4,6,8-14H2,(H,23,26)(H,24,27)(H,25,28). The minimum atomic E-state index is -4.96. The smallest absolute Gasteiger partial charge is 0.378 e.